The molecule has 0 spiro atoms. The SMILES string of the molecule is OCCN(CCO)CCO.[CH3-].[Ti]. The van der Waals surface area contributed by atoms with Gasteiger partial charge in [0.15, 0.2) is 0 Å². The molecule has 0 saturated carbocycles. The molecule has 12 heavy (non-hydrogen) atoms. The van der Waals surface area contributed by atoms with Gasteiger partial charge in [0.2, 0.25) is 0 Å². The zero-order chi connectivity index (χ0) is 7.82. The summed E-state index contributed by atoms with van der Waals surface area (Å²) in [6.45, 7) is 1.75. The first-order valence-electron chi connectivity index (χ1n) is 3.40. The molecule has 3 N–H and O–H groups in total. The van der Waals surface area contributed by atoms with Crippen LogP contribution < -0.4 is 0 Å². The van der Waals surface area contributed by atoms with Gasteiger partial charge in [0.25, 0.3) is 0 Å². The molecule has 0 unspecified atom stereocenters. The van der Waals surface area contributed by atoms with Gasteiger partial charge in [-0.2, -0.15) is 0 Å². The van der Waals surface area contributed by atoms with E-state index in [1.165, 1.54) is 0 Å². The van der Waals surface area contributed by atoms with Crippen LogP contribution in [0.2, 0.25) is 0 Å². The molecule has 0 atom stereocenters. The summed E-state index contributed by atoms with van der Waals surface area (Å²) in [7, 11) is 0. The number of aliphatic hydroxyl groups is 3. The van der Waals surface area contributed by atoms with Gasteiger partial charge in [-0.05, 0) is 0 Å². The summed E-state index contributed by atoms with van der Waals surface area (Å²) in [6, 6.07) is 0. The van der Waals surface area contributed by atoms with E-state index in [-0.39, 0.29) is 49.0 Å². The molecule has 74 valence electrons. The second kappa shape index (κ2) is 14.1. The van der Waals surface area contributed by atoms with Crippen LogP contribution in [0.25, 0.3) is 0 Å². The average molecular weight is 212 g/mol. The van der Waals surface area contributed by atoms with Gasteiger partial charge in [-0.1, -0.05) is 0 Å². The largest absolute Gasteiger partial charge is 0.395 e. The monoisotopic (exact) mass is 212 g/mol. The Morgan fingerprint density at radius 2 is 1.00 bits per heavy atom. The Balaban J connectivity index is -0.000000405. The zero-order valence-corrected chi connectivity index (χ0v) is 9.09. The van der Waals surface area contributed by atoms with Gasteiger partial charge in [-0.3, -0.25) is 4.90 Å². The predicted octanol–water partition coefficient (Wildman–Crippen LogP) is -1.29. The molecule has 0 radical (unpaired) electrons. The summed E-state index contributed by atoms with van der Waals surface area (Å²) in [5, 5.41) is 25.5. The third-order valence-electron chi connectivity index (χ3n) is 1.25. The number of hydrogen-bond donors (Lipinski definition) is 3. The fourth-order valence-electron chi connectivity index (χ4n) is 0.760. The van der Waals surface area contributed by atoms with Crippen LogP contribution in [0, 0.1) is 7.43 Å². The number of aliphatic hydroxyl groups excluding tert-OH is 3. The molecule has 0 aromatic heterocycles. The van der Waals surface area contributed by atoms with E-state index in [9.17, 15) is 0 Å². The van der Waals surface area contributed by atoms with E-state index in [0.717, 1.165) is 0 Å². The van der Waals surface area contributed by atoms with Gasteiger partial charge in [0.05, 0.1) is 19.8 Å². The third kappa shape index (κ3) is 10.6. The van der Waals surface area contributed by atoms with Crippen molar-refractivity contribution in [1.82, 2.24) is 4.90 Å². The normalized spacial score (nSPS) is 9.00. The van der Waals surface area contributed by atoms with Gasteiger partial charge in [0, 0.05) is 41.4 Å². The van der Waals surface area contributed by atoms with Crippen LogP contribution in [0.4, 0.5) is 0 Å². The molecule has 0 rings (SSSR count). The Morgan fingerprint density at radius 1 is 0.750 bits per heavy atom. The fourth-order valence-corrected chi connectivity index (χ4v) is 0.760. The Hall–Kier alpha value is 0.554. The second-order valence-electron chi connectivity index (χ2n) is 2.01. The van der Waals surface area contributed by atoms with E-state index in [0.29, 0.717) is 19.6 Å². The fraction of sp³-hybridized carbons (Fsp3) is 0.857. The molecule has 0 amide bonds. The van der Waals surface area contributed by atoms with Crippen molar-refractivity contribution in [3.63, 3.8) is 0 Å². The van der Waals surface area contributed by atoms with Crippen molar-refractivity contribution in [1.29, 1.82) is 0 Å². The van der Waals surface area contributed by atoms with Crippen LogP contribution in [0.5, 0.6) is 0 Å². The van der Waals surface area contributed by atoms with Gasteiger partial charge in [-0.15, -0.1) is 0 Å². The molecule has 0 aliphatic rings. The molecular weight excluding hydrogens is 194 g/mol. The topological polar surface area (TPSA) is 63.9 Å². The van der Waals surface area contributed by atoms with Crippen molar-refractivity contribution in [2.24, 2.45) is 0 Å². The van der Waals surface area contributed by atoms with Gasteiger partial charge in [0.1, 0.15) is 0 Å². The Labute approximate surface area is 89.1 Å². The Morgan fingerprint density at radius 3 is 1.17 bits per heavy atom. The second-order valence-corrected chi connectivity index (χ2v) is 2.01. The molecule has 0 aliphatic carbocycles. The summed E-state index contributed by atoms with van der Waals surface area (Å²) < 4.78 is 0. The molecule has 5 heteroatoms. The average Bonchev–Trinajstić information content (AvgIpc) is 1.90. The minimum Gasteiger partial charge on any atom is -0.395 e. The zero-order valence-electron chi connectivity index (χ0n) is 7.53. The minimum absolute atomic E-state index is 0. The third-order valence-corrected chi connectivity index (χ3v) is 1.25. The predicted molar refractivity (Wildman–Crippen MR) is 44.1 cm³/mol. The van der Waals surface area contributed by atoms with Crippen molar-refractivity contribution >= 4 is 0 Å². The van der Waals surface area contributed by atoms with Crippen molar-refractivity contribution in [2.45, 2.75) is 0 Å². The van der Waals surface area contributed by atoms with E-state index in [2.05, 4.69) is 0 Å². The summed E-state index contributed by atoms with van der Waals surface area (Å²) in [5.74, 6) is 0. The van der Waals surface area contributed by atoms with Gasteiger partial charge >= 0.3 is 0 Å². The molecule has 0 aliphatic heterocycles. The van der Waals surface area contributed by atoms with Crippen LogP contribution in [-0.4, -0.2) is 59.7 Å². The molecule has 0 saturated heterocycles. The van der Waals surface area contributed by atoms with Crippen LogP contribution in [0.1, 0.15) is 0 Å². The molecule has 0 fully saturated rings. The van der Waals surface area contributed by atoms with Crippen LogP contribution in [0.15, 0.2) is 0 Å². The molecular formula is C7H18NO3Ti-. The molecule has 0 heterocycles. The number of rotatable bonds is 6. The summed E-state index contributed by atoms with van der Waals surface area (Å²) in [5.41, 5.74) is 0. The quantitative estimate of drug-likeness (QED) is 0.379. The number of hydrogen-bond acceptors (Lipinski definition) is 4. The van der Waals surface area contributed by atoms with Crippen molar-refractivity contribution in [3.05, 3.63) is 7.43 Å². The minimum atomic E-state index is 0. The summed E-state index contributed by atoms with van der Waals surface area (Å²) in [4.78, 5) is 1.79. The Kier molecular flexibility index (Phi) is 21.6. The molecule has 0 aromatic carbocycles. The number of nitrogens with zero attached hydrogens (tertiary/aromatic N) is 1. The Bertz CT molecular complexity index is 61.4. The first-order chi connectivity index (χ1) is 4.85. The maximum atomic E-state index is 8.48. The van der Waals surface area contributed by atoms with Crippen LogP contribution in [-0.2, 0) is 21.7 Å². The molecule has 0 bridgehead atoms. The maximum absolute atomic E-state index is 8.48. The summed E-state index contributed by atoms with van der Waals surface area (Å²) >= 11 is 0. The molecule has 4 nitrogen and oxygen atoms in total. The van der Waals surface area contributed by atoms with Crippen molar-refractivity contribution in [2.75, 3.05) is 39.5 Å². The van der Waals surface area contributed by atoms with E-state index in [1.54, 1.807) is 4.90 Å². The van der Waals surface area contributed by atoms with E-state index < -0.39 is 0 Å². The smallest absolute Gasteiger partial charge is 0.0558 e. The van der Waals surface area contributed by atoms with Gasteiger partial charge < -0.3 is 22.7 Å². The van der Waals surface area contributed by atoms with Crippen molar-refractivity contribution < 1.29 is 37.0 Å². The van der Waals surface area contributed by atoms with E-state index in [1.807, 2.05) is 0 Å². The first kappa shape index (κ1) is 18.4. The van der Waals surface area contributed by atoms with Crippen LogP contribution in [0.3, 0.4) is 0 Å². The first-order valence-corrected chi connectivity index (χ1v) is 3.40. The van der Waals surface area contributed by atoms with Gasteiger partial charge in [-0.25, -0.2) is 0 Å². The molecule has 0 aromatic rings. The van der Waals surface area contributed by atoms with E-state index in [4.69, 9.17) is 15.3 Å². The summed E-state index contributed by atoms with van der Waals surface area (Å²) in [6.07, 6.45) is 0. The maximum Gasteiger partial charge on any atom is 0.0558 e. The standard InChI is InChI=1S/C6H15NO3.CH3.Ti/c8-4-1-7(2-5-9)3-6-10;;/h8-10H,1-6H2;1H3;/q;-1;. The van der Waals surface area contributed by atoms with E-state index >= 15 is 0 Å². The van der Waals surface area contributed by atoms with Crippen LogP contribution >= 0.6 is 0 Å². The van der Waals surface area contributed by atoms with Crippen molar-refractivity contribution in [3.8, 4) is 0 Å².